The minimum Gasteiger partial charge on any atom is -0.229 e. The first-order valence-electron chi connectivity index (χ1n) is 18.2. The molecule has 1 heterocycles. The molecule has 2 heteroatoms. The predicted octanol–water partition coefficient (Wildman–Crippen LogP) is 9.98. The Morgan fingerprint density at radius 2 is 0.878 bits per heavy atom. The van der Waals surface area contributed by atoms with Crippen LogP contribution in [-0.2, 0) is 51.4 Å². The van der Waals surface area contributed by atoms with E-state index in [1.165, 1.54) is 78.1 Å². The highest BCUT2D eigenvalue weighted by Crippen LogP contribution is 2.33. The second-order valence-corrected chi connectivity index (χ2v) is 14.1. The molecule has 0 saturated heterocycles. The third-order valence-electron chi connectivity index (χ3n) is 11.0. The Morgan fingerprint density at radius 3 is 1.47 bits per heavy atom. The Kier molecular flexibility index (Phi) is 7.94. The van der Waals surface area contributed by atoms with Crippen molar-refractivity contribution in [3.05, 3.63) is 178 Å². The number of aryl methyl sites for hydroxylation is 8. The number of rotatable bonds is 4. The average Bonchev–Trinajstić information content (AvgIpc) is 3.64. The SMILES string of the molecule is C1=[N+](c2cc3ccc2CCc2ccc(c(-c4ccccc4)c2)CC3)CCN1c1cc2ccc1CCc1ccc(c(-c3ccccc3)c1)CC2. The van der Waals surface area contributed by atoms with Crippen LogP contribution >= 0.6 is 0 Å². The van der Waals surface area contributed by atoms with Crippen LogP contribution in [-0.4, -0.2) is 24.0 Å². The van der Waals surface area contributed by atoms with Crippen molar-refractivity contribution in [1.82, 2.24) is 0 Å². The Balaban J connectivity index is 1.00. The molecular weight excluding hydrogens is 593 g/mol. The third kappa shape index (κ3) is 6.13. The molecule has 8 aliphatic carbocycles. The van der Waals surface area contributed by atoms with E-state index in [9.17, 15) is 0 Å². The second kappa shape index (κ2) is 13.0. The van der Waals surface area contributed by atoms with E-state index in [2.05, 4.69) is 149 Å². The summed E-state index contributed by atoms with van der Waals surface area (Å²) in [6.07, 6.45) is 10.8. The summed E-state index contributed by atoms with van der Waals surface area (Å²) >= 11 is 0. The van der Waals surface area contributed by atoms with Crippen LogP contribution in [0.1, 0.15) is 44.5 Å². The minimum atomic E-state index is 1.01. The molecule has 0 radical (unpaired) electrons. The summed E-state index contributed by atoms with van der Waals surface area (Å²) in [5.74, 6) is 0. The molecule has 1 aliphatic heterocycles. The van der Waals surface area contributed by atoms with Crippen LogP contribution in [0.15, 0.2) is 133 Å². The Morgan fingerprint density at radius 1 is 0.408 bits per heavy atom. The van der Waals surface area contributed by atoms with Crippen LogP contribution in [0.25, 0.3) is 22.3 Å². The normalized spacial score (nSPS) is 15.4. The van der Waals surface area contributed by atoms with Gasteiger partial charge in [-0.25, -0.2) is 9.48 Å². The van der Waals surface area contributed by atoms with Crippen molar-refractivity contribution in [3.63, 3.8) is 0 Å². The molecule has 8 bridgehead atoms. The van der Waals surface area contributed by atoms with E-state index in [-0.39, 0.29) is 0 Å². The molecule has 2 nitrogen and oxygen atoms in total. The molecule has 240 valence electrons. The highest BCUT2D eigenvalue weighted by Gasteiger charge is 2.27. The minimum absolute atomic E-state index is 1.01. The molecule has 0 amide bonds. The molecule has 0 aromatic heterocycles. The quantitative estimate of drug-likeness (QED) is 0.175. The topological polar surface area (TPSA) is 6.25 Å². The van der Waals surface area contributed by atoms with Gasteiger partial charge in [0.15, 0.2) is 0 Å². The monoisotopic (exact) mass is 635 g/mol. The molecule has 9 aliphatic rings. The maximum atomic E-state index is 2.53. The van der Waals surface area contributed by atoms with E-state index in [0.29, 0.717) is 0 Å². The van der Waals surface area contributed by atoms with Gasteiger partial charge in [0.05, 0.1) is 0 Å². The molecule has 0 N–H and O–H groups in total. The molecule has 0 unspecified atom stereocenters. The number of benzene rings is 6. The van der Waals surface area contributed by atoms with E-state index in [1.807, 2.05) is 0 Å². The molecule has 6 aromatic rings. The molecule has 0 fully saturated rings. The van der Waals surface area contributed by atoms with E-state index in [0.717, 1.165) is 64.5 Å². The number of anilines is 1. The maximum absolute atomic E-state index is 2.53. The lowest BCUT2D eigenvalue weighted by Gasteiger charge is -2.18. The van der Waals surface area contributed by atoms with Gasteiger partial charge in [0, 0.05) is 0 Å². The summed E-state index contributed by atoms with van der Waals surface area (Å²) in [4.78, 5) is 2.53. The Hall–Kier alpha value is -5.21. The highest BCUT2D eigenvalue weighted by atomic mass is 15.3. The summed E-state index contributed by atoms with van der Waals surface area (Å²) in [7, 11) is 0. The van der Waals surface area contributed by atoms with E-state index in [4.69, 9.17) is 0 Å². The van der Waals surface area contributed by atoms with Crippen molar-refractivity contribution in [2.75, 3.05) is 18.0 Å². The summed E-state index contributed by atoms with van der Waals surface area (Å²) in [5, 5.41) is 0. The second-order valence-electron chi connectivity index (χ2n) is 14.1. The van der Waals surface area contributed by atoms with Crippen LogP contribution in [0.4, 0.5) is 11.4 Å². The molecule has 6 aromatic carbocycles. The van der Waals surface area contributed by atoms with Crippen molar-refractivity contribution in [1.29, 1.82) is 0 Å². The van der Waals surface area contributed by atoms with Gasteiger partial charge in [0.2, 0.25) is 6.34 Å². The lowest BCUT2D eigenvalue weighted by atomic mass is 9.90. The summed E-state index contributed by atoms with van der Waals surface area (Å²) in [6, 6.07) is 50.8. The third-order valence-corrected chi connectivity index (χ3v) is 11.0. The largest absolute Gasteiger partial charge is 0.244 e. The maximum Gasteiger partial charge on any atom is 0.244 e. The standard InChI is InChI=1S/C47H43N2/c1-3-7-38(8-4-1)44-29-34-11-19-40(44)21-13-36-17-25-42(23-15-34)46(31-36)48-27-28-49(33-48)47-32-37-14-22-41-20-12-35(16-24-43(47)26-18-37)30-45(41)39-9-5-2-6-10-39/h1-12,17-20,25-26,29-33H,13-16,21-24,27-28H2/q+1. The van der Waals surface area contributed by atoms with Gasteiger partial charge in [0.25, 0.3) is 0 Å². The zero-order valence-corrected chi connectivity index (χ0v) is 28.2. The zero-order chi connectivity index (χ0) is 32.6. The lowest BCUT2D eigenvalue weighted by Crippen LogP contribution is -2.20. The van der Waals surface area contributed by atoms with Crippen molar-refractivity contribution in [2.45, 2.75) is 51.4 Å². The van der Waals surface area contributed by atoms with Crippen molar-refractivity contribution < 1.29 is 4.58 Å². The van der Waals surface area contributed by atoms with E-state index < -0.39 is 0 Å². The fraction of sp³-hybridized carbons (Fsp3) is 0.213. The number of hydrogen-bond donors (Lipinski definition) is 0. The first-order chi connectivity index (χ1) is 24.2. The smallest absolute Gasteiger partial charge is 0.229 e. The predicted molar refractivity (Wildman–Crippen MR) is 204 cm³/mol. The Labute approximate surface area is 291 Å². The first-order valence-corrected chi connectivity index (χ1v) is 18.2. The molecule has 15 rings (SSSR count). The van der Waals surface area contributed by atoms with Crippen LogP contribution in [0.3, 0.4) is 0 Å². The summed E-state index contributed by atoms with van der Waals surface area (Å²) in [5.41, 5.74) is 19.7. The van der Waals surface area contributed by atoms with Crippen LogP contribution in [0.2, 0.25) is 0 Å². The first kappa shape index (κ1) is 29.9. The van der Waals surface area contributed by atoms with Crippen LogP contribution in [0, 0.1) is 0 Å². The van der Waals surface area contributed by atoms with Gasteiger partial charge in [-0.2, -0.15) is 0 Å². The van der Waals surface area contributed by atoms with Crippen LogP contribution < -0.4 is 4.90 Å². The molecule has 0 spiro atoms. The van der Waals surface area contributed by atoms with Gasteiger partial charge >= 0.3 is 0 Å². The van der Waals surface area contributed by atoms with Gasteiger partial charge in [0.1, 0.15) is 24.5 Å². The fourth-order valence-corrected chi connectivity index (χ4v) is 8.24. The lowest BCUT2D eigenvalue weighted by molar-refractivity contribution is -0.424. The van der Waals surface area contributed by atoms with Crippen molar-refractivity contribution in [2.24, 2.45) is 0 Å². The van der Waals surface area contributed by atoms with Gasteiger partial charge in [-0.3, -0.25) is 0 Å². The average molecular weight is 636 g/mol. The van der Waals surface area contributed by atoms with Crippen molar-refractivity contribution in [3.8, 4) is 22.3 Å². The van der Waals surface area contributed by atoms with Crippen LogP contribution in [0.5, 0.6) is 0 Å². The number of hydrogen-bond acceptors (Lipinski definition) is 1. The van der Waals surface area contributed by atoms with E-state index >= 15 is 0 Å². The molecule has 0 saturated carbocycles. The summed E-state index contributed by atoms with van der Waals surface area (Å²) in [6.45, 7) is 2.01. The van der Waals surface area contributed by atoms with Gasteiger partial charge in [-0.1, -0.05) is 121 Å². The zero-order valence-electron chi connectivity index (χ0n) is 28.2. The fourth-order valence-electron chi connectivity index (χ4n) is 8.24. The summed E-state index contributed by atoms with van der Waals surface area (Å²) < 4.78 is 2.53. The van der Waals surface area contributed by atoms with Gasteiger partial charge in [-0.05, 0) is 130 Å². The van der Waals surface area contributed by atoms with Gasteiger partial charge in [-0.15, -0.1) is 0 Å². The van der Waals surface area contributed by atoms with Crippen molar-refractivity contribution >= 4 is 17.7 Å². The van der Waals surface area contributed by atoms with Gasteiger partial charge < -0.3 is 0 Å². The molecule has 0 atom stereocenters. The molecule has 49 heavy (non-hydrogen) atoms. The molecular formula is C47H43N2+. The van der Waals surface area contributed by atoms with E-state index in [1.54, 1.807) is 0 Å². The Bertz CT molecular complexity index is 2180. The highest BCUT2D eigenvalue weighted by molar-refractivity contribution is 5.80. The number of nitrogens with zero attached hydrogens (tertiary/aromatic N) is 2.